The monoisotopic (exact) mass is 822 g/mol. The minimum absolute atomic E-state index is 0.00491. The molecule has 306 valence electrons. The Morgan fingerprint density at radius 2 is 1.71 bits per heavy atom. The number of ether oxygens (including phenoxy) is 1. The van der Waals surface area contributed by atoms with Gasteiger partial charge >= 0.3 is 6.18 Å². The fourth-order valence-electron chi connectivity index (χ4n) is 7.54. The molecule has 4 amide bonds. The summed E-state index contributed by atoms with van der Waals surface area (Å²) in [6.45, 7) is 9.12. The molecular weight excluding hydrogens is 781 g/mol. The van der Waals surface area contributed by atoms with Crippen LogP contribution in [0.3, 0.4) is 0 Å². The van der Waals surface area contributed by atoms with E-state index in [4.69, 9.17) is 17.0 Å². The summed E-state index contributed by atoms with van der Waals surface area (Å²) in [6, 6.07) is 15.0. The summed E-state index contributed by atoms with van der Waals surface area (Å²) in [5.41, 5.74) is -1.98. The Morgan fingerprint density at radius 1 is 1.02 bits per heavy atom. The van der Waals surface area contributed by atoms with Crippen LogP contribution >= 0.6 is 12.2 Å². The van der Waals surface area contributed by atoms with Gasteiger partial charge in [0.2, 0.25) is 17.7 Å². The molecule has 0 spiro atoms. The Kier molecular flexibility index (Phi) is 12.1. The number of piperidine rings is 1. The molecule has 0 bridgehead atoms. The topological polar surface area (TPSA) is 150 Å². The predicted octanol–water partition coefficient (Wildman–Crippen LogP) is 5.26. The van der Waals surface area contributed by atoms with Crippen LogP contribution in [0, 0.1) is 17.1 Å². The zero-order valence-corrected chi connectivity index (χ0v) is 33.0. The van der Waals surface area contributed by atoms with Crippen molar-refractivity contribution in [2.75, 3.05) is 53.2 Å². The number of anilines is 4. The van der Waals surface area contributed by atoms with Crippen molar-refractivity contribution < 1.29 is 41.5 Å². The second kappa shape index (κ2) is 16.7. The number of nitrogens with zero attached hydrogens (tertiary/aromatic N) is 5. The quantitative estimate of drug-likeness (QED) is 0.132. The van der Waals surface area contributed by atoms with Gasteiger partial charge in [0.05, 0.1) is 29.4 Å². The van der Waals surface area contributed by atoms with Crippen LogP contribution in [0.15, 0.2) is 60.7 Å². The molecule has 3 aromatic rings. The third kappa shape index (κ3) is 8.91. The molecular formula is C40H42F4N8O5S. The van der Waals surface area contributed by atoms with E-state index in [0.717, 1.165) is 17.0 Å². The summed E-state index contributed by atoms with van der Waals surface area (Å²) in [7, 11) is 0. The molecule has 0 aliphatic carbocycles. The molecule has 0 radical (unpaired) electrons. The van der Waals surface area contributed by atoms with Crippen molar-refractivity contribution in [3.8, 4) is 11.8 Å². The van der Waals surface area contributed by atoms with Crippen molar-refractivity contribution in [1.82, 2.24) is 15.1 Å². The highest BCUT2D eigenvalue weighted by atomic mass is 32.1. The van der Waals surface area contributed by atoms with Gasteiger partial charge in [-0.05, 0) is 94.9 Å². The number of imide groups is 1. The molecule has 6 rings (SSSR count). The number of nitrogens with one attached hydrogen (secondary N) is 3. The van der Waals surface area contributed by atoms with Gasteiger partial charge in [-0.2, -0.15) is 18.4 Å². The standard InChI is InChI=1S/C40H42F4N8O5S/c1-23-20-49(21-24(2)50(23)22-35(54)47-27-7-5-6-26(16-27)46-32-11-13-34(53)48-36(32)55)14-15-57-33-12-10-29(18-31(33)41)52-38(58)51(37(56)39(52,3)4)28-9-8-25(19-45)30(17-28)40(42,43)44/h5-10,12,16-18,23-24,32,46H,11,13-15,20-22H2,1-4H3,(H,47,54)(H,48,53,55)/t23-,24+,32?. The summed E-state index contributed by atoms with van der Waals surface area (Å²) in [6.07, 6.45) is -4.22. The van der Waals surface area contributed by atoms with Crippen LogP contribution < -0.4 is 30.5 Å². The number of alkyl halides is 3. The number of halogens is 4. The number of nitriles is 1. The lowest BCUT2D eigenvalue weighted by molar-refractivity contribution is -0.138. The second-order valence-electron chi connectivity index (χ2n) is 15.0. The maximum atomic E-state index is 15.5. The first-order chi connectivity index (χ1) is 27.4. The van der Waals surface area contributed by atoms with Crippen molar-refractivity contribution in [2.24, 2.45) is 0 Å². The molecule has 18 heteroatoms. The molecule has 58 heavy (non-hydrogen) atoms. The normalized spacial score (nSPS) is 21.5. The van der Waals surface area contributed by atoms with E-state index in [1.165, 1.54) is 43.0 Å². The van der Waals surface area contributed by atoms with Crippen LogP contribution in [0.4, 0.5) is 40.3 Å². The smallest absolute Gasteiger partial charge is 0.417 e. The highest BCUT2D eigenvalue weighted by Gasteiger charge is 2.51. The minimum atomic E-state index is -4.85. The van der Waals surface area contributed by atoms with Crippen LogP contribution in [-0.2, 0) is 25.4 Å². The van der Waals surface area contributed by atoms with E-state index in [2.05, 4.69) is 25.8 Å². The van der Waals surface area contributed by atoms with Gasteiger partial charge in [0.1, 0.15) is 18.2 Å². The molecule has 3 fully saturated rings. The van der Waals surface area contributed by atoms with Crippen molar-refractivity contribution in [3.05, 3.63) is 77.6 Å². The minimum Gasteiger partial charge on any atom is -0.489 e. The molecule has 3 heterocycles. The molecule has 3 atom stereocenters. The van der Waals surface area contributed by atoms with Crippen LogP contribution in [0.25, 0.3) is 0 Å². The predicted molar refractivity (Wildman–Crippen MR) is 212 cm³/mol. The molecule has 0 aromatic heterocycles. The van der Waals surface area contributed by atoms with Gasteiger partial charge < -0.3 is 20.3 Å². The lowest BCUT2D eigenvalue weighted by atomic mass is 10.0. The lowest BCUT2D eigenvalue weighted by Crippen LogP contribution is -2.58. The number of carbonyl (C=O) groups is 4. The Labute approximate surface area is 337 Å². The maximum Gasteiger partial charge on any atom is 0.417 e. The van der Waals surface area contributed by atoms with Crippen molar-refractivity contribution in [3.63, 3.8) is 0 Å². The third-order valence-electron chi connectivity index (χ3n) is 10.4. The first kappa shape index (κ1) is 42.0. The summed E-state index contributed by atoms with van der Waals surface area (Å²) < 4.78 is 62.4. The van der Waals surface area contributed by atoms with Gasteiger partial charge in [-0.3, -0.25) is 39.2 Å². The molecule has 3 saturated heterocycles. The maximum absolute atomic E-state index is 15.5. The van der Waals surface area contributed by atoms with Gasteiger partial charge in [-0.25, -0.2) is 4.39 Å². The Hall–Kier alpha value is -5.64. The average molecular weight is 823 g/mol. The fourth-order valence-corrected chi connectivity index (χ4v) is 8.06. The molecule has 13 nitrogen and oxygen atoms in total. The number of benzene rings is 3. The molecule has 3 N–H and O–H groups in total. The molecule has 0 saturated carbocycles. The van der Waals surface area contributed by atoms with E-state index >= 15 is 4.39 Å². The Bertz CT molecular complexity index is 2170. The van der Waals surface area contributed by atoms with Gasteiger partial charge in [-0.15, -0.1) is 0 Å². The number of amides is 4. The number of thiocarbonyl (C=S) groups is 1. The van der Waals surface area contributed by atoms with Crippen molar-refractivity contribution in [2.45, 2.75) is 70.4 Å². The lowest BCUT2D eigenvalue weighted by Gasteiger charge is -2.44. The summed E-state index contributed by atoms with van der Waals surface area (Å²) in [5.74, 6) is -2.28. The van der Waals surface area contributed by atoms with E-state index in [-0.39, 0.29) is 71.6 Å². The van der Waals surface area contributed by atoms with E-state index in [9.17, 15) is 37.6 Å². The Morgan fingerprint density at radius 3 is 2.36 bits per heavy atom. The van der Waals surface area contributed by atoms with E-state index in [0.29, 0.717) is 43.5 Å². The molecule has 3 aromatic carbocycles. The summed E-state index contributed by atoms with van der Waals surface area (Å²) in [4.78, 5) is 56.8. The van der Waals surface area contributed by atoms with Gasteiger partial charge in [0.15, 0.2) is 16.7 Å². The highest BCUT2D eigenvalue weighted by Crippen LogP contribution is 2.40. The molecule has 3 aliphatic rings. The number of piperazine rings is 1. The van der Waals surface area contributed by atoms with E-state index in [1.54, 1.807) is 24.3 Å². The average Bonchev–Trinajstić information content (AvgIpc) is 3.33. The van der Waals surface area contributed by atoms with Crippen LogP contribution in [-0.4, -0.2) is 95.0 Å². The molecule has 3 aliphatic heterocycles. The van der Waals surface area contributed by atoms with Crippen LogP contribution in [0.2, 0.25) is 0 Å². The first-order valence-corrected chi connectivity index (χ1v) is 19.0. The third-order valence-corrected chi connectivity index (χ3v) is 10.8. The second-order valence-corrected chi connectivity index (χ2v) is 15.4. The zero-order valence-electron chi connectivity index (χ0n) is 32.2. The highest BCUT2D eigenvalue weighted by molar-refractivity contribution is 7.81. The number of rotatable bonds is 11. The number of hydrogen-bond acceptors (Lipinski definition) is 10. The summed E-state index contributed by atoms with van der Waals surface area (Å²) >= 11 is 5.56. The SMILES string of the molecule is C[C@@H]1CN(CCOc2ccc(N3C(=S)N(c4ccc(C#N)c(C(F)(F)F)c4)C(=O)C3(C)C)cc2F)C[C@H](C)N1CC(=O)Nc1cccc(NC2CCC(=O)NC2=O)c1. The fraction of sp³-hybridized carbons (Fsp3) is 0.400. The largest absolute Gasteiger partial charge is 0.489 e. The first-order valence-electron chi connectivity index (χ1n) is 18.6. The van der Waals surface area contributed by atoms with Gasteiger partial charge in [0.25, 0.3) is 5.91 Å². The van der Waals surface area contributed by atoms with Crippen LogP contribution in [0.1, 0.15) is 51.7 Å². The number of hydrogen-bond donors (Lipinski definition) is 3. The summed E-state index contributed by atoms with van der Waals surface area (Å²) in [5, 5.41) is 17.4. The van der Waals surface area contributed by atoms with Crippen molar-refractivity contribution in [1.29, 1.82) is 5.26 Å². The van der Waals surface area contributed by atoms with Gasteiger partial charge in [-0.1, -0.05) is 6.07 Å². The number of carbonyl (C=O) groups excluding carboxylic acids is 4. The molecule has 1 unspecified atom stereocenters. The van der Waals surface area contributed by atoms with Gasteiger partial charge in [0, 0.05) is 61.3 Å². The zero-order chi connectivity index (χ0) is 42.1. The Balaban J connectivity index is 1.01. The van der Waals surface area contributed by atoms with E-state index < -0.39 is 40.6 Å². The van der Waals surface area contributed by atoms with E-state index in [1.807, 2.05) is 13.8 Å². The van der Waals surface area contributed by atoms with Crippen LogP contribution in [0.5, 0.6) is 5.75 Å². The van der Waals surface area contributed by atoms with Crippen molar-refractivity contribution >= 4 is 63.7 Å².